The van der Waals surface area contributed by atoms with Gasteiger partial charge in [-0.2, -0.15) is 0 Å². The van der Waals surface area contributed by atoms with Crippen molar-refractivity contribution in [3.8, 4) is 0 Å². The number of hydrogen-bond acceptors (Lipinski definition) is 15. The van der Waals surface area contributed by atoms with Crippen LogP contribution in [0.5, 0.6) is 0 Å². The molecule has 1 aromatic rings. The second-order valence-electron chi connectivity index (χ2n) is 20.8. The van der Waals surface area contributed by atoms with E-state index in [0.717, 1.165) is 6.92 Å². The summed E-state index contributed by atoms with van der Waals surface area (Å²) in [4.78, 5) is 164. The molecule has 9 amide bonds. The lowest BCUT2D eigenvalue weighted by molar-refractivity contribution is -0.156. The predicted molar refractivity (Wildman–Crippen MR) is 272 cm³/mol. The van der Waals surface area contributed by atoms with Crippen molar-refractivity contribution in [2.75, 3.05) is 19.7 Å². The van der Waals surface area contributed by atoms with Crippen molar-refractivity contribution in [2.24, 2.45) is 11.8 Å². The van der Waals surface area contributed by atoms with Gasteiger partial charge in [-0.1, -0.05) is 84.0 Å². The molecule has 0 bridgehead atoms. The largest absolute Gasteiger partial charge is 0.460 e. The van der Waals surface area contributed by atoms with Crippen molar-refractivity contribution in [1.29, 1.82) is 0 Å². The van der Waals surface area contributed by atoms with Crippen LogP contribution in [0.4, 0.5) is 4.79 Å². The number of rotatable bonds is 28. The highest BCUT2D eigenvalue weighted by Crippen LogP contribution is 2.23. The van der Waals surface area contributed by atoms with Crippen molar-refractivity contribution < 1.29 is 71.7 Å². The van der Waals surface area contributed by atoms with Crippen LogP contribution in [0.1, 0.15) is 127 Å². The van der Waals surface area contributed by atoms with Crippen LogP contribution in [-0.4, -0.2) is 148 Å². The third-order valence-electron chi connectivity index (χ3n) is 11.0. The number of nitrogens with one attached hydrogen (secondary N) is 6. The Morgan fingerprint density at radius 2 is 1.21 bits per heavy atom. The number of carbonyl (C=O) groups excluding carboxylic acids is 12. The summed E-state index contributed by atoms with van der Waals surface area (Å²) in [6.07, 6.45) is 0.345. The van der Waals surface area contributed by atoms with E-state index >= 15 is 0 Å². The van der Waals surface area contributed by atoms with E-state index in [-0.39, 0.29) is 51.8 Å². The molecule has 0 aromatic heterocycles. The van der Waals surface area contributed by atoms with Gasteiger partial charge in [-0.15, -0.1) is 0 Å². The molecule has 2 rings (SSSR count). The van der Waals surface area contributed by atoms with E-state index in [2.05, 4.69) is 38.5 Å². The number of imide groups is 1. The topological polar surface area (TPSA) is 311 Å². The van der Waals surface area contributed by atoms with Gasteiger partial charge in [-0.05, 0) is 78.2 Å². The monoisotopic (exact) mass is 1050 g/mol. The van der Waals surface area contributed by atoms with Gasteiger partial charge in [-0.3, -0.25) is 52.7 Å². The number of amides is 9. The number of hydrogen-bond donors (Lipinski definition) is 6. The standard InChI is InChI=1S/C52H78N8O15/c1-14-19-34(43(65)48(70)53-27-40(64)73-26-15-2)55-46(68)37-29-59(28-33-20-17-16-18-21-33)50(72)60(37)49(71)42(31(5)6)58-47(69)41(30(3)4)57-45(67)36(23-25-39(63)75-52(11,12)13)56-44(66)35(54-32(7)61)22-24-38(62)74-51(8,9)10/h15-18,20-21,30-31,34-37,41-42H,2,14,19,22-29H2,1,3-13H3,(H,53,70)(H,54,61)(H,55,68)(H,56,66)(H,57,67)(H,58,69)/t34?,35-,36-,37?,41-,42-/m0/s1. The quantitative estimate of drug-likeness (QED) is 0.0303. The third kappa shape index (κ3) is 22.0. The molecule has 0 aliphatic carbocycles. The molecular formula is C52H78N8O15. The lowest BCUT2D eigenvalue weighted by Crippen LogP contribution is -2.62. The molecule has 1 saturated heterocycles. The van der Waals surface area contributed by atoms with Crippen molar-refractivity contribution in [2.45, 2.75) is 176 Å². The molecule has 0 saturated carbocycles. The van der Waals surface area contributed by atoms with Gasteiger partial charge in [0.25, 0.3) is 11.8 Å². The van der Waals surface area contributed by atoms with E-state index in [9.17, 15) is 57.5 Å². The van der Waals surface area contributed by atoms with Crippen molar-refractivity contribution in [3.63, 3.8) is 0 Å². The molecule has 0 spiro atoms. The average molecular weight is 1060 g/mol. The fourth-order valence-electron chi connectivity index (χ4n) is 7.52. The minimum atomic E-state index is -1.59. The highest BCUT2D eigenvalue weighted by atomic mass is 16.6. The first kappa shape index (κ1) is 63.9. The molecule has 1 aliphatic heterocycles. The average Bonchev–Trinajstić information content (AvgIpc) is 3.63. The number of urea groups is 1. The number of carbonyl (C=O) groups is 12. The highest BCUT2D eigenvalue weighted by Gasteiger charge is 2.49. The lowest BCUT2D eigenvalue weighted by atomic mass is 9.98. The Bertz CT molecular complexity index is 2240. The summed E-state index contributed by atoms with van der Waals surface area (Å²) in [6.45, 7) is 21.3. The summed E-state index contributed by atoms with van der Waals surface area (Å²) < 4.78 is 15.6. The van der Waals surface area contributed by atoms with Crippen LogP contribution in [0.2, 0.25) is 0 Å². The number of ether oxygens (including phenoxy) is 3. The zero-order valence-corrected chi connectivity index (χ0v) is 45.4. The number of ketones is 1. The number of benzene rings is 1. The number of Topliss-reactive ketones (excluding diaryl/α,β-unsaturated/α-hetero) is 1. The van der Waals surface area contributed by atoms with Gasteiger partial charge in [0.1, 0.15) is 54.6 Å². The maximum atomic E-state index is 14.8. The second kappa shape index (κ2) is 29.6. The zero-order valence-electron chi connectivity index (χ0n) is 45.4. The lowest BCUT2D eigenvalue weighted by Gasteiger charge is -2.31. The molecular weight excluding hydrogens is 977 g/mol. The van der Waals surface area contributed by atoms with E-state index in [1.165, 1.54) is 11.0 Å². The molecule has 75 heavy (non-hydrogen) atoms. The van der Waals surface area contributed by atoms with E-state index in [4.69, 9.17) is 14.2 Å². The Morgan fingerprint density at radius 3 is 1.71 bits per heavy atom. The van der Waals surface area contributed by atoms with Gasteiger partial charge in [0, 0.05) is 26.3 Å². The van der Waals surface area contributed by atoms with Crippen molar-refractivity contribution >= 4 is 71.1 Å². The van der Waals surface area contributed by atoms with Crippen LogP contribution in [-0.2, 0) is 73.5 Å². The molecule has 1 heterocycles. The molecule has 6 atom stereocenters. The summed E-state index contributed by atoms with van der Waals surface area (Å²) in [5, 5.41) is 14.9. The first-order valence-electron chi connectivity index (χ1n) is 25.1. The van der Waals surface area contributed by atoms with Crippen LogP contribution in [0.25, 0.3) is 0 Å². The summed E-state index contributed by atoms with van der Waals surface area (Å²) in [7, 11) is 0. The van der Waals surface area contributed by atoms with Crippen molar-refractivity contribution in [1.82, 2.24) is 41.7 Å². The first-order valence-corrected chi connectivity index (χ1v) is 25.1. The SMILES string of the molecule is C=CCOC(=O)CNC(=O)C(=O)C(CCC)NC(=O)C1CN(Cc2ccccc2)C(=O)N1C(=O)[C@@H](NC(=O)[C@@H](NC(=O)[C@H](CCC(=O)OC(C)(C)C)NC(=O)[C@H](CCC(=O)OC(C)(C)C)NC(C)=O)C(C)C)C(C)C. The van der Waals surface area contributed by atoms with Gasteiger partial charge >= 0.3 is 23.9 Å². The Kier molecular flexibility index (Phi) is 25.2. The maximum Gasteiger partial charge on any atom is 0.327 e. The van der Waals surface area contributed by atoms with Crippen LogP contribution >= 0.6 is 0 Å². The third-order valence-corrected chi connectivity index (χ3v) is 11.0. The van der Waals surface area contributed by atoms with E-state index in [1.807, 2.05) is 0 Å². The molecule has 1 aromatic carbocycles. The fourth-order valence-corrected chi connectivity index (χ4v) is 7.52. The van der Waals surface area contributed by atoms with Gasteiger partial charge in [0.15, 0.2) is 0 Å². The summed E-state index contributed by atoms with van der Waals surface area (Å²) in [5.41, 5.74) is -1.08. The van der Waals surface area contributed by atoms with Gasteiger partial charge < -0.3 is 51.0 Å². The smallest absolute Gasteiger partial charge is 0.327 e. The van der Waals surface area contributed by atoms with Gasteiger partial charge in [0.05, 0.1) is 12.6 Å². The molecule has 23 heteroatoms. The Hall–Kier alpha value is -7.20. The second-order valence-corrected chi connectivity index (χ2v) is 20.8. The van der Waals surface area contributed by atoms with Crippen LogP contribution in [0.3, 0.4) is 0 Å². The van der Waals surface area contributed by atoms with Gasteiger partial charge in [-0.25, -0.2) is 9.69 Å². The zero-order chi connectivity index (χ0) is 57.0. The maximum absolute atomic E-state index is 14.8. The van der Waals surface area contributed by atoms with Crippen LogP contribution in [0.15, 0.2) is 43.0 Å². The molecule has 1 fully saturated rings. The summed E-state index contributed by atoms with van der Waals surface area (Å²) in [5.74, 6) is -11.3. The Morgan fingerprint density at radius 1 is 0.693 bits per heavy atom. The number of esters is 3. The van der Waals surface area contributed by atoms with Crippen LogP contribution in [0, 0.1) is 11.8 Å². The van der Waals surface area contributed by atoms with E-state index in [0.29, 0.717) is 16.9 Å². The fraction of sp³-hybridized carbons (Fsp3) is 0.615. The molecule has 416 valence electrons. The minimum Gasteiger partial charge on any atom is -0.460 e. The predicted octanol–water partition coefficient (Wildman–Crippen LogP) is 2.03. The summed E-state index contributed by atoms with van der Waals surface area (Å²) in [6, 6.07) is -1.04. The van der Waals surface area contributed by atoms with Gasteiger partial charge in [0.2, 0.25) is 35.3 Å². The Labute approximate surface area is 439 Å². The first-order chi connectivity index (χ1) is 34.9. The van der Waals surface area contributed by atoms with Crippen molar-refractivity contribution in [3.05, 3.63) is 48.6 Å². The molecule has 0 radical (unpaired) electrons. The molecule has 1 aliphatic rings. The molecule has 2 unspecified atom stereocenters. The molecule has 23 nitrogen and oxygen atoms in total. The summed E-state index contributed by atoms with van der Waals surface area (Å²) >= 11 is 0. The van der Waals surface area contributed by atoms with E-state index < -0.39 is 137 Å². The molecule has 6 N–H and O–H groups in total. The van der Waals surface area contributed by atoms with E-state index in [1.54, 1.807) is 106 Å². The van der Waals surface area contributed by atoms with Crippen LogP contribution < -0.4 is 31.9 Å². The number of nitrogens with zero attached hydrogens (tertiary/aromatic N) is 2. The minimum absolute atomic E-state index is 0.0379. The normalized spacial score (nSPS) is 15.5. The highest BCUT2D eigenvalue weighted by molar-refractivity contribution is 6.38. The Balaban J connectivity index is 2.51.